The van der Waals surface area contributed by atoms with E-state index in [1.807, 2.05) is 12.1 Å². The number of carbonyl (C=O) groups excluding carboxylic acids is 1. The van der Waals surface area contributed by atoms with Crippen molar-refractivity contribution >= 4 is 27.9 Å². The lowest BCUT2D eigenvalue weighted by Gasteiger charge is -2.27. The summed E-state index contributed by atoms with van der Waals surface area (Å²) >= 11 is 0. The van der Waals surface area contributed by atoms with E-state index in [4.69, 9.17) is 0 Å². The highest BCUT2D eigenvalue weighted by atomic mass is 32.2. The van der Waals surface area contributed by atoms with Crippen LogP contribution in [0.4, 0.5) is 14.5 Å². The number of anilines is 1. The Morgan fingerprint density at radius 1 is 1.12 bits per heavy atom. The van der Waals surface area contributed by atoms with E-state index in [1.54, 1.807) is 16.9 Å². The van der Waals surface area contributed by atoms with Crippen LogP contribution in [0.1, 0.15) is 47.6 Å². The monoisotopic (exact) mass is 458 g/mol. The molecular weight excluding hydrogens is 434 g/mol. The maximum absolute atomic E-state index is 14.5. The normalized spacial score (nSPS) is 23.6. The molecular formula is C23H24F2N4O2S. The number of fused-ring (bicyclic) bond motifs is 1. The van der Waals surface area contributed by atoms with Gasteiger partial charge in [0.25, 0.3) is 5.91 Å². The number of benzene rings is 1. The van der Waals surface area contributed by atoms with Crippen LogP contribution in [-0.4, -0.2) is 43.8 Å². The van der Waals surface area contributed by atoms with E-state index >= 15 is 0 Å². The minimum Gasteiger partial charge on any atom is -0.364 e. The number of amides is 1. The molecule has 1 amide bonds. The van der Waals surface area contributed by atoms with Gasteiger partial charge in [0.1, 0.15) is 11.6 Å². The molecule has 0 radical (unpaired) electrons. The Balaban J connectivity index is 1.42. The maximum Gasteiger partial charge on any atom is 0.255 e. The molecule has 6 nitrogen and oxygen atoms in total. The number of hydrogen-bond donors (Lipinski definition) is 1. The summed E-state index contributed by atoms with van der Waals surface area (Å²) in [5.74, 6) is 0.143. The Morgan fingerprint density at radius 3 is 2.75 bits per heavy atom. The van der Waals surface area contributed by atoms with Crippen molar-refractivity contribution in [3.8, 4) is 0 Å². The quantitative estimate of drug-likeness (QED) is 0.649. The molecule has 5 rings (SSSR count). The maximum atomic E-state index is 14.5. The van der Waals surface area contributed by atoms with E-state index in [0.29, 0.717) is 47.5 Å². The van der Waals surface area contributed by atoms with E-state index in [-0.39, 0.29) is 18.0 Å². The zero-order valence-electron chi connectivity index (χ0n) is 17.5. The van der Waals surface area contributed by atoms with Crippen LogP contribution in [0.5, 0.6) is 0 Å². The van der Waals surface area contributed by atoms with Crippen LogP contribution in [0, 0.1) is 11.6 Å². The van der Waals surface area contributed by atoms with Crippen LogP contribution in [0.15, 0.2) is 42.7 Å². The van der Waals surface area contributed by atoms with Gasteiger partial charge in [-0.05, 0) is 56.0 Å². The molecule has 2 aliphatic rings. The van der Waals surface area contributed by atoms with E-state index < -0.39 is 22.4 Å². The Bertz CT molecular complexity index is 1190. The zero-order chi connectivity index (χ0) is 22.2. The van der Waals surface area contributed by atoms with Gasteiger partial charge in [-0.15, -0.1) is 0 Å². The summed E-state index contributed by atoms with van der Waals surface area (Å²) in [6.45, 7) is 0.714. The lowest BCUT2D eigenvalue weighted by molar-refractivity contribution is 0.0936. The van der Waals surface area contributed by atoms with Crippen molar-refractivity contribution in [1.29, 1.82) is 0 Å². The minimum atomic E-state index is -0.785. The number of pyridine rings is 1. The van der Waals surface area contributed by atoms with Gasteiger partial charge in [0.15, 0.2) is 0 Å². The van der Waals surface area contributed by atoms with Gasteiger partial charge >= 0.3 is 0 Å². The van der Waals surface area contributed by atoms with Crippen molar-refractivity contribution in [2.24, 2.45) is 0 Å². The number of halogens is 2. The average Bonchev–Trinajstić information content (AvgIpc) is 3.43. The second-order valence-electron chi connectivity index (χ2n) is 8.39. The standard InChI is InChI=1S/C23H24F2N4O2S/c24-15-3-4-20(25)18(12-15)21-2-1-8-28(21)17-5-9-29-22(13-17)19(14-26-29)23(30)27-16-6-10-32(31)11-7-16/h3-5,9,12-14,16,21H,1-2,6-8,10-11H2,(H,27,30). The molecule has 0 bridgehead atoms. The first kappa shape index (κ1) is 21.1. The average molecular weight is 459 g/mol. The van der Waals surface area contributed by atoms with E-state index in [1.165, 1.54) is 12.1 Å². The molecule has 4 heterocycles. The molecule has 2 fully saturated rings. The number of nitrogens with one attached hydrogen (secondary N) is 1. The third-order valence-corrected chi connectivity index (χ3v) is 7.76. The highest BCUT2D eigenvalue weighted by molar-refractivity contribution is 7.85. The molecule has 2 aromatic heterocycles. The summed E-state index contributed by atoms with van der Waals surface area (Å²) in [6, 6.07) is 7.08. The molecule has 9 heteroatoms. The summed E-state index contributed by atoms with van der Waals surface area (Å²) < 4.78 is 41.5. The predicted molar refractivity (Wildman–Crippen MR) is 119 cm³/mol. The summed E-state index contributed by atoms with van der Waals surface area (Å²) in [6.07, 6.45) is 6.32. The number of rotatable bonds is 4. The largest absolute Gasteiger partial charge is 0.364 e. The zero-order valence-corrected chi connectivity index (χ0v) is 18.3. The highest BCUT2D eigenvalue weighted by Crippen LogP contribution is 2.38. The van der Waals surface area contributed by atoms with Gasteiger partial charge in [-0.25, -0.2) is 13.3 Å². The molecule has 1 unspecified atom stereocenters. The van der Waals surface area contributed by atoms with Gasteiger partial charge in [-0.3, -0.25) is 9.00 Å². The number of nitrogens with zero attached hydrogens (tertiary/aromatic N) is 3. The summed E-state index contributed by atoms with van der Waals surface area (Å²) in [4.78, 5) is 15.0. The van der Waals surface area contributed by atoms with E-state index in [9.17, 15) is 17.8 Å². The van der Waals surface area contributed by atoms with Crippen LogP contribution in [0.25, 0.3) is 5.52 Å². The fraction of sp³-hybridized carbons (Fsp3) is 0.391. The minimum absolute atomic E-state index is 0.0113. The third kappa shape index (κ3) is 4.01. The van der Waals surface area contributed by atoms with Crippen molar-refractivity contribution < 1.29 is 17.8 Å². The first-order valence-electron chi connectivity index (χ1n) is 10.8. The van der Waals surface area contributed by atoms with Crippen molar-refractivity contribution in [3.63, 3.8) is 0 Å². The topological polar surface area (TPSA) is 66.7 Å². The van der Waals surface area contributed by atoms with Gasteiger partial charge in [0.05, 0.1) is 23.3 Å². The molecule has 2 aliphatic heterocycles. The fourth-order valence-electron chi connectivity index (χ4n) is 4.69. The molecule has 0 aliphatic carbocycles. The Morgan fingerprint density at radius 2 is 1.94 bits per heavy atom. The lowest BCUT2D eigenvalue weighted by Crippen LogP contribution is -2.39. The summed E-state index contributed by atoms with van der Waals surface area (Å²) in [5, 5.41) is 7.33. The number of carbonyl (C=O) groups is 1. The Hall–Kier alpha value is -2.81. The summed E-state index contributed by atoms with van der Waals surface area (Å²) in [7, 11) is -0.785. The highest BCUT2D eigenvalue weighted by Gasteiger charge is 2.29. The van der Waals surface area contributed by atoms with Crippen molar-refractivity contribution in [1.82, 2.24) is 14.9 Å². The SMILES string of the molecule is O=C(NC1CCS(=O)CC1)c1cnn2ccc(N3CCCC3c3cc(F)ccc3F)cc12. The number of aromatic nitrogens is 2. The van der Waals surface area contributed by atoms with Crippen LogP contribution >= 0.6 is 0 Å². The molecule has 0 spiro atoms. The fourth-order valence-corrected chi connectivity index (χ4v) is 5.99. The van der Waals surface area contributed by atoms with Crippen LogP contribution in [0.2, 0.25) is 0 Å². The Labute approximate surface area is 187 Å². The number of hydrogen-bond acceptors (Lipinski definition) is 4. The van der Waals surface area contributed by atoms with E-state index in [0.717, 1.165) is 24.6 Å². The first-order valence-corrected chi connectivity index (χ1v) is 12.3. The molecule has 1 N–H and O–H groups in total. The molecule has 1 atom stereocenters. The van der Waals surface area contributed by atoms with Gasteiger partial charge in [-0.1, -0.05) is 0 Å². The molecule has 2 saturated heterocycles. The van der Waals surface area contributed by atoms with Crippen molar-refractivity contribution in [2.45, 2.75) is 37.8 Å². The van der Waals surface area contributed by atoms with Gasteiger partial charge < -0.3 is 10.2 Å². The second-order valence-corrected chi connectivity index (χ2v) is 10.1. The molecule has 1 aromatic carbocycles. The third-order valence-electron chi connectivity index (χ3n) is 6.37. The molecule has 0 saturated carbocycles. The van der Waals surface area contributed by atoms with Crippen LogP contribution < -0.4 is 10.2 Å². The van der Waals surface area contributed by atoms with Crippen molar-refractivity contribution in [2.75, 3.05) is 23.0 Å². The smallest absolute Gasteiger partial charge is 0.255 e. The van der Waals surface area contributed by atoms with Crippen LogP contribution in [0.3, 0.4) is 0 Å². The lowest BCUT2D eigenvalue weighted by atomic mass is 10.0. The summed E-state index contributed by atoms with van der Waals surface area (Å²) in [5.41, 5.74) is 2.31. The Kier molecular flexibility index (Phi) is 5.67. The van der Waals surface area contributed by atoms with Crippen LogP contribution in [-0.2, 0) is 10.8 Å². The molecule has 3 aromatic rings. The molecule has 32 heavy (non-hydrogen) atoms. The van der Waals surface area contributed by atoms with Gasteiger partial charge in [0.2, 0.25) is 0 Å². The molecule has 168 valence electrons. The van der Waals surface area contributed by atoms with Gasteiger partial charge in [0, 0.05) is 52.3 Å². The second kappa shape index (κ2) is 8.61. The van der Waals surface area contributed by atoms with E-state index in [2.05, 4.69) is 15.3 Å². The van der Waals surface area contributed by atoms with Crippen molar-refractivity contribution in [3.05, 3.63) is 65.5 Å². The first-order chi connectivity index (χ1) is 15.5. The predicted octanol–water partition coefficient (Wildman–Crippen LogP) is 3.59. The van der Waals surface area contributed by atoms with Gasteiger partial charge in [-0.2, -0.15) is 5.10 Å².